The van der Waals surface area contributed by atoms with Gasteiger partial charge in [0, 0.05) is 18.6 Å². The monoisotopic (exact) mass is 340 g/mol. The minimum Gasteiger partial charge on any atom is -0.489 e. The number of carbonyl (C=O) groups excluding carboxylic acids is 1. The van der Waals surface area contributed by atoms with E-state index in [1.807, 2.05) is 26.0 Å². The van der Waals surface area contributed by atoms with E-state index in [0.29, 0.717) is 24.1 Å². The van der Waals surface area contributed by atoms with E-state index in [4.69, 9.17) is 16.3 Å². The number of nitrogens with one attached hydrogen (secondary N) is 3. The molecule has 0 aromatic heterocycles. The smallest absolute Gasteiger partial charge is 0.239 e. The molecule has 0 heterocycles. The summed E-state index contributed by atoms with van der Waals surface area (Å²) in [6.07, 6.45) is 0.849. The van der Waals surface area contributed by atoms with Gasteiger partial charge >= 0.3 is 0 Å². The highest BCUT2D eigenvalue weighted by molar-refractivity contribution is 6.30. The Bertz CT molecular complexity index is 505. The molecule has 0 spiro atoms. The Hall–Kier alpha value is -1.95. The Morgan fingerprint density at radius 1 is 1.26 bits per heavy atom. The molecular formula is C16H25ClN4O2. The lowest BCUT2D eigenvalue weighted by atomic mass is 10.3. The molecule has 0 aliphatic rings. The van der Waals surface area contributed by atoms with Crippen LogP contribution in [0.25, 0.3) is 0 Å². The van der Waals surface area contributed by atoms with Crippen LogP contribution in [0.5, 0.6) is 5.75 Å². The molecule has 0 fully saturated rings. The lowest BCUT2D eigenvalue weighted by Crippen LogP contribution is -2.45. The average molecular weight is 341 g/mol. The summed E-state index contributed by atoms with van der Waals surface area (Å²) in [5.74, 6) is 1.26. The number of carbonyl (C=O) groups is 1. The standard InChI is InChI=1S/C16H25ClN4O2/c1-4-9-19-15(22)11-21-16(18-3)20-10-12(2)23-14-7-5-13(17)6-8-14/h5-8,12H,4,9-11H2,1-3H3,(H,19,22)(H2,18,20,21). The zero-order valence-electron chi connectivity index (χ0n) is 13.9. The minimum atomic E-state index is -0.0661. The van der Waals surface area contributed by atoms with Crippen molar-refractivity contribution in [1.82, 2.24) is 16.0 Å². The highest BCUT2D eigenvalue weighted by atomic mass is 35.5. The van der Waals surface area contributed by atoms with Crippen LogP contribution in [0, 0.1) is 0 Å². The van der Waals surface area contributed by atoms with Gasteiger partial charge in [-0.3, -0.25) is 9.79 Å². The summed E-state index contributed by atoms with van der Waals surface area (Å²) in [5, 5.41) is 9.55. The van der Waals surface area contributed by atoms with Gasteiger partial charge in [0.05, 0.1) is 13.1 Å². The summed E-state index contributed by atoms with van der Waals surface area (Å²) < 4.78 is 5.76. The van der Waals surface area contributed by atoms with Gasteiger partial charge in [-0.2, -0.15) is 0 Å². The van der Waals surface area contributed by atoms with E-state index in [0.717, 1.165) is 12.2 Å². The van der Waals surface area contributed by atoms with Gasteiger partial charge in [-0.1, -0.05) is 18.5 Å². The summed E-state index contributed by atoms with van der Waals surface area (Å²) in [5.41, 5.74) is 0. The number of aliphatic imine (C=N–C) groups is 1. The molecule has 7 heteroatoms. The van der Waals surface area contributed by atoms with Crippen molar-refractivity contribution in [1.29, 1.82) is 0 Å². The lowest BCUT2D eigenvalue weighted by molar-refractivity contribution is -0.120. The molecule has 1 unspecified atom stereocenters. The van der Waals surface area contributed by atoms with Crippen molar-refractivity contribution in [2.45, 2.75) is 26.4 Å². The predicted molar refractivity (Wildman–Crippen MR) is 94.2 cm³/mol. The first-order valence-corrected chi connectivity index (χ1v) is 8.06. The number of hydrogen-bond acceptors (Lipinski definition) is 3. The number of rotatable bonds is 8. The van der Waals surface area contributed by atoms with Crippen LogP contribution in [0.3, 0.4) is 0 Å². The molecule has 6 nitrogen and oxygen atoms in total. The normalized spacial score (nSPS) is 12.4. The second-order valence-electron chi connectivity index (χ2n) is 5.04. The summed E-state index contributed by atoms with van der Waals surface area (Å²) in [7, 11) is 1.66. The van der Waals surface area contributed by atoms with Crippen molar-refractivity contribution < 1.29 is 9.53 Å². The molecule has 0 aliphatic heterocycles. The maximum absolute atomic E-state index is 11.5. The van der Waals surface area contributed by atoms with E-state index in [1.165, 1.54) is 0 Å². The van der Waals surface area contributed by atoms with E-state index in [2.05, 4.69) is 20.9 Å². The molecule has 0 bridgehead atoms. The SMILES string of the molecule is CCCNC(=O)CNC(=NC)NCC(C)Oc1ccc(Cl)cc1. The summed E-state index contributed by atoms with van der Waals surface area (Å²) >= 11 is 5.84. The Morgan fingerprint density at radius 2 is 1.96 bits per heavy atom. The van der Waals surface area contributed by atoms with Crippen LogP contribution in [0.2, 0.25) is 5.02 Å². The molecule has 1 aromatic rings. The number of amides is 1. The van der Waals surface area contributed by atoms with Crippen molar-refractivity contribution in [3.05, 3.63) is 29.3 Å². The number of ether oxygens (including phenoxy) is 1. The number of guanidine groups is 1. The second-order valence-corrected chi connectivity index (χ2v) is 5.48. The summed E-state index contributed by atoms with van der Waals surface area (Å²) in [6.45, 7) is 5.38. The fourth-order valence-electron chi connectivity index (χ4n) is 1.74. The van der Waals surface area contributed by atoms with Gasteiger partial charge in [0.25, 0.3) is 0 Å². The summed E-state index contributed by atoms with van der Waals surface area (Å²) in [4.78, 5) is 15.6. The zero-order chi connectivity index (χ0) is 17.1. The van der Waals surface area contributed by atoms with Crippen LogP contribution in [-0.2, 0) is 4.79 Å². The first-order valence-electron chi connectivity index (χ1n) is 7.68. The van der Waals surface area contributed by atoms with E-state index >= 15 is 0 Å². The van der Waals surface area contributed by atoms with E-state index in [1.54, 1.807) is 19.2 Å². The van der Waals surface area contributed by atoms with Gasteiger partial charge in [-0.15, -0.1) is 0 Å². The average Bonchev–Trinajstić information content (AvgIpc) is 2.55. The van der Waals surface area contributed by atoms with Gasteiger partial charge < -0.3 is 20.7 Å². The largest absolute Gasteiger partial charge is 0.489 e. The molecular weight excluding hydrogens is 316 g/mol. The van der Waals surface area contributed by atoms with Crippen LogP contribution < -0.4 is 20.7 Å². The summed E-state index contributed by atoms with van der Waals surface area (Å²) in [6, 6.07) is 7.22. The Morgan fingerprint density at radius 3 is 2.57 bits per heavy atom. The molecule has 0 saturated heterocycles. The van der Waals surface area contributed by atoms with Crippen molar-refractivity contribution in [2.24, 2.45) is 4.99 Å². The molecule has 1 atom stereocenters. The lowest BCUT2D eigenvalue weighted by Gasteiger charge is -2.17. The maximum Gasteiger partial charge on any atom is 0.239 e. The van der Waals surface area contributed by atoms with Gasteiger partial charge in [0.2, 0.25) is 5.91 Å². The molecule has 0 aliphatic carbocycles. The van der Waals surface area contributed by atoms with Crippen molar-refractivity contribution >= 4 is 23.5 Å². The molecule has 3 N–H and O–H groups in total. The fraction of sp³-hybridized carbons (Fsp3) is 0.500. The predicted octanol–water partition coefficient (Wildman–Crippen LogP) is 1.80. The number of halogens is 1. The molecule has 1 aromatic carbocycles. The van der Waals surface area contributed by atoms with Gasteiger partial charge in [-0.25, -0.2) is 0 Å². The van der Waals surface area contributed by atoms with Crippen LogP contribution in [0.4, 0.5) is 0 Å². The van der Waals surface area contributed by atoms with Gasteiger partial charge in [-0.05, 0) is 37.6 Å². The Labute approximate surface area is 142 Å². The van der Waals surface area contributed by atoms with Crippen LogP contribution in [0.1, 0.15) is 20.3 Å². The van der Waals surface area contributed by atoms with Crippen LogP contribution >= 0.6 is 11.6 Å². The molecule has 1 rings (SSSR count). The highest BCUT2D eigenvalue weighted by Crippen LogP contribution is 2.16. The number of nitrogens with zero attached hydrogens (tertiary/aromatic N) is 1. The molecule has 23 heavy (non-hydrogen) atoms. The van der Waals surface area contributed by atoms with Crippen molar-refractivity contribution in [2.75, 3.05) is 26.7 Å². The minimum absolute atomic E-state index is 0.0553. The molecule has 0 radical (unpaired) electrons. The third-order valence-corrected chi connectivity index (χ3v) is 3.17. The van der Waals surface area contributed by atoms with Crippen LogP contribution in [0.15, 0.2) is 29.3 Å². The van der Waals surface area contributed by atoms with Crippen LogP contribution in [-0.4, -0.2) is 44.7 Å². The van der Waals surface area contributed by atoms with Gasteiger partial charge in [0.1, 0.15) is 11.9 Å². The third kappa shape index (κ3) is 8.30. The highest BCUT2D eigenvalue weighted by Gasteiger charge is 2.07. The first-order chi connectivity index (χ1) is 11.0. The quantitative estimate of drug-likeness (QED) is 0.498. The number of hydrogen-bond donors (Lipinski definition) is 3. The zero-order valence-corrected chi connectivity index (χ0v) is 14.6. The fourth-order valence-corrected chi connectivity index (χ4v) is 1.87. The van der Waals surface area contributed by atoms with E-state index < -0.39 is 0 Å². The third-order valence-electron chi connectivity index (χ3n) is 2.92. The van der Waals surface area contributed by atoms with E-state index in [9.17, 15) is 4.79 Å². The number of benzene rings is 1. The van der Waals surface area contributed by atoms with Crippen molar-refractivity contribution in [3.63, 3.8) is 0 Å². The Kier molecular flexibility index (Phi) is 8.90. The van der Waals surface area contributed by atoms with Crippen molar-refractivity contribution in [3.8, 4) is 5.75 Å². The Balaban J connectivity index is 2.30. The topological polar surface area (TPSA) is 74.8 Å². The molecule has 1 amide bonds. The molecule has 0 saturated carbocycles. The van der Waals surface area contributed by atoms with Gasteiger partial charge in [0.15, 0.2) is 5.96 Å². The maximum atomic E-state index is 11.5. The molecule has 128 valence electrons. The first kappa shape index (κ1) is 19.1. The second kappa shape index (κ2) is 10.7. The van der Waals surface area contributed by atoms with E-state index in [-0.39, 0.29) is 18.6 Å².